The Balaban J connectivity index is 2.00. The van der Waals surface area contributed by atoms with Gasteiger partial charge in [0.2, 0.25) is 0 Å². The first kappa shape index (κ1) is 15.0. The molecular weight excluding hydrogens is 309 g/mol. The average Bonchev–Trinajstić information content (AvgIpc) is 2.76. The van der Waals surface area contributed by atoms with E-state index in [0.717, 1.165) is 10.9 Å². The standard InChI is InChI=1S/C13H12ClF3N2S/c14-12-4-2-9(20-12)5-6-19-8-1-3-11(18)10(7-8)13(15,16)17/h1-4,7,19H,5-6,18H2. The first-order chi connectivity index (χ1) is 9.36. The maximum Gasteiger partial charge on any atom is 0.418 e. The lowest BCUT2D eigenvalue weighted by molar-refractivity contribution is -0.136. The summed E-state index contributed by atoms with van der Waals surface area (Å²) >= 11 is 7.26. The van der Waals surface area contributed by atoms with Crippen LogP contribution in [0.3, 0.4) is 0 Å². The summed E-state index contributed by atoms with van der Waals surface area (Å²) in [5, 5.41) is 2.95. The van der Waals surface area contributed by atoms with Gasteiger partial charge in [-0.25, -0.2) is 0 Å². The number of thiophene rings is 1. The molecule has 0 saturated heterocycles. The molecule has 0 aliphatic heterocycles. The number of nitrogens with one attached hydrogen (secondary N) is 1. The Hall–Kier alpha value is -1.40. The van der Waals surface area contributed by atoms with Crippen molar-refractivity contribution in [1.29, 1.82) is 0 Å². The van der Waals surface area contributed by atoms with Crippen LogP contribution in [0.2, 0.25) is 4.34 Å². The Kier molecular flexibility index (Phi) is 4.45. The molecule has 1 heterocycles. The Bertz CT molecular complexity index is 596. The van der Waals surface area contributed by atoms with Gasteiger partial charge in [0.25, 0.3) is 0 Å². The van der Waals surface area contributed by atoms with E-state index in [4.69, 9.17) is 17.3 Å². The van der Waals surface area contributed by atoms with E-state index in [0.29, 0.717) is 23.0 Å². The highest BCUT2D eigenvalue weighted by Gasteiger charge is 2.33. The molecule has 2 rings (SSSR count). The van der Waals surface area contributed by atoms with E-state index in [-0.39, 0.29) is 5.69 Å². The number of nitrogen functional groups attached to an aromatic ring is 1. The van der Waals surface area contributed by atoms with Crippen LogP contribution in [0.1, 0.15) is 10.4 Å². The molecule has 0 radical (unpaired) electrons. The van der Waals surface area contributed by atoms with Crippen LogP contribution in [0.4, 0.5) is 24.5 Å². The van der Waals surface area contributed by atoms with Crippen LogP contribution in [0.25, 0.3) is 0 Å². The molecule has 0 bridgehead atoms. The van der Waals surface area contributed by atoms with Crippen molar-refractivity contribution in [2.24, 2.45) is 0 Å². The van der Waals surface area contributed by atoms with Crippen LogP contribution in [0, 0.1) is 0 Å². The van der Waals surface area contributed by atoms with Crippen molar-refractivity contribution >= 4 is 34.3 Å². The van der Waals surface area contributed by atoms with Crippen LogP contribution >= 0.6 is 22.9 Å². The second kappa shape index (κ2) is 5.93. The molecule has 20 heavy (non-hydrogen) atoms. The number of rotatable bonds is 4. The SMILES string of the molecule is Nc1ccc(NCCc2ccc(Cl)s2)cc1C(F)(F)F. The first-order valence-corrected chi connectivity index (χ1v) is 7.00. The van der Waals surface area contributed by atoms with Gasteiger partial charge in [-0.15, -0.1) is 11.3 Å². The van der Waals surface area contributed by atoms with Gasteiger partial charge in [-0.1, -0.05) is 11.6 Å². The number of benzene rings is 1. The highest BCUT2D eigenvalue weighted by Crippen LogP contribution is 2.35. The lowest BCUT2D eigenvalue weighted by Gasteiger charge is -2.12. The number of alkyl halides is 3. The number of nitrogens with two attached hydrogens (primary N) is 1. The summed E-state index contributed by atoms with van der Waals surface area (Å²) in [7, 11) is 0. The maximum absolute atomic E-state index is 12.7. The zero-order valence-electron chi connectivity index (χ0n) is 10.3. The molecule has 7 heteroatoms. The van der Waals surface area contributed by atoms with E-state index in [2.05, 4.69) is 5.32 Å². The molecule has 1 aromatic heterocycles. The Morgan fingerprint density at radius 3 is 2.55 bits per heavy atom. The fraction of sp³-hybridized carbons (Fsp3) is 0.231. The molecular formula is C13H12ClF3N2S. The summed E-state index contributed by atoms with van der Waals surface area (Å²) in [4.78, 5) is 1.08. The topological polar surface area (TPSA) is 38.0 Å². The summed E-state index contributed by atoms with van der Waals surface area (Å²) in [6, 6.07) is 7.52. The number of anilines is 2. The maximum atomic E-state index is 12.7. The van der Waals surface area contributed by atoms with Gasteiger partial charge < -0.3 is 11.1 Å². The van der Waals surface area contributed by atoms with Crippen LogP contribution in [0.5, 0.6) is 0 Å². The van der Waals surface area contributed by atoms with Gasteiger partial charge in [-0.3, -0.25) is 0 Å². The molecule has 0 aliphatic carbocycles. The van der Waals surface area contributed by atoms with Crippen LogP contribution in [0.15, 0.2) is 30.3 Å². The van der Waals surface area contributed by atoms with Gasteiger partial charge in [-0.05, 0) is 36.8 Å². The van der Waals surface area contributed by atoms with Crippen molar-refractivity contribution < 1.29 is 13.2 Å². The third-order valence-electron chi connectivity index (χ3n) is 2.69. The molecule has 0 fully saturated rings. The van der Waals surface area contributed by atoms with Gasteiger partial charge in [0.1, 0.15) is 0 Å². The van der Waals surface area contributed by atoms with E-state index < -0.39 is 11.7 Å². The van der Waals surface area contributed by atoms with Crippen molar-refractivity contribution in [3.63, 3.8) is 0 Å². The van der Waals surface area contributed by atoms with Gasteiger partial charge in [0, 0.05) is 22.8 Å². The van der Waals surface area contributed by atoms with E-state index in [9.17, 15) is 13.2 Å². The van der Waals surface area contributed by atoms with E-state index in [1.54, 1.807) is 6.07 Å². The molecule has 2 aromatic rings. The minimum Gasteiger partial charge on any atom is -0.398 e. The summed E-state index contributed by atoms with van der Waals surface area (Å²) in [6.07, 6.45) is -3.74. The Morgan fingerprint density at radius 2 is 1.95 bits per heavy atom. The molecule has 3 N–H and O–H groups in total. The van der Waals surface area contributed by atoms with Crippen LogP contribution in [-0.2, 0) is 12.6 Å². The Morgan fingerprint density at radius 1 is 1.20 bits per heavy atom. The summed E-state index contributed by atoms with van der Waals surface area (Å²) < 4.78 is 38.8. The minimum atomic E-state index is -4.44. The summed E-state index contributed by atoms with van der Waals surface area (Å²) in [5.74, 6) is 0. The van der Waals surface area contributed by atoms with Gasteiger partial charge in [0.05, 0.1) is 9.90 Å². The molecule has 0 amide bonds. The van der Waals surface area contributed by atoms with Crippen molar-refractivity contribution in [2.45, 2.75) is 12.6 Å². The number of hydrogen-bond acceptors (Lipinski definition) is 3. The van der Waals surface area contributed by atoms with Gasteiger partial charge in [0.15, 0.2) is 0 Å². The average molecular weight is 321 g/mol. The molecule has 1 aromatic carbocycles. The molecule has 0 atom stereocenters. The van der Waals surface area contributed by atoms with Crippen LogP contribution < -0.4 is 11.1 Å². The summed E-state index contributed by atoms with van der Waals surface area (Å²) in [5.41, 5.74) is 4.65. The zero-order chi connectivity index (χ0) is 14.8. The summed E-state index contributed by atoms with van der Waals surface area (Å²) in [6.45, 7) is 0.526. The van der Waals surface area contributed by atoms with Gasteiger partial charge >= 0.3 is 6.18 Å². The third-order valence-corrected chi connectivity index (χ3v) is 3.98. The van der Waals surface area contributed by atoms with Crippen molar-refractivity contribution in [1.82, 2.24) is 0 Å². The predicted molar refractivity (Wildman–Crippen MR) is 77.4 cm³/mol. The van der Waals surface area contributed by atoms with E-state index in [1.165, 1.54) is 23.5 Å². The van der Waals surface area contributed by atoms with Gasteiger partial charge in [-0.2, -0.15) is 13.2 Å². The lowest BCUT2D eigenvalue weighted by atomic mass is 10.1. The highest BCUT2D eigenvalue weighted by atomic mass is 35.5. The first-order valence-electron chi connectivity index (χ1n) is 5.81. The largest absolute Gasteiger partial charge is 0.418 e. The normalized spacial score (nSPS) is 11.6. The Labute approximate surface area is 123 Å². The number of hydrogen-bond donors (Lipinski definition) is 2. The smallest absolute Gasteiger partial charge is 0.398 e. The fourth-order valence-corrected chi connectivity index (χ4v) is 2.81. The molecule has 108 valence electrons. The van der Waals surface area contributed by atoms with E-state index in [1.807, 2.05) is 6.07 Å². The second-order valence-corrected chi connectivity index (χ2v) is 5.98. The van der Waals surface area contributed by atoms with Crippen molar-refractivity contribution in [2.75, 3.05) is 17.6 Å². The van der Waals surface area contributed by atoms with E-state index >= 15 is 0 Å². The zero-order valence-corrected chi connectivity index (χ0v) is 11.9. The molecule has 0 spiro atoms. The predicted octanol–water partition coefficient (Wildman–Crippen LogP) is 4.66. The van der Waals surface area contributed by atoms with Crippen LogP contribution in [-0.4, -0.2) is 6.54 Å². The minimum absolute atomic E-state index is 0.270. The third kappa shape index (κ3) is 3.80. The highest BCUT2D eigenvalue weighted by molar-refractivity contribution is 7.16. The second-order valence-electron chi connectivity index (χ2n) is 4.18. The fourth-order valence-electron chi connectivity index (χ4n) is 1.73. The molecule has 0 unspecified atom stereocenters. The quantitative estimate of drug-likeness (QED) is 0.804. The monoisotopic (exact) mass is 320 g/mol. The van der Waals surface area contributed by atoms with Crippen molar-refractivity contribution in [3.8, 4) is 0 Å². The molecule has 0 aliphatic rings. The number of halogens is 4. The molecule has 2 nitrogen and oxygen atoms in total. The molecule has 0 saturated carbocycles. The van der Waals surface area contributed by atoms with Crippen molar-refractivity contribution in [3.05, 3.63) is 45.1 Å². The lowest BCUT2D eigenvalue weighted by Crippen LogP contribution is -2.11.